The van der Waals surface area contributed by atoms with E-state index in [1.165, 1.54) is 4.57 Å². The molecule has 114 heavy (non-hydrogen) atoms. The Morgan fingerprint density at radius 1 is 0.211 bits per heavy atom. The number of para-hydroxylation sites is 2. The average Bonchev–Trinajstić information content (AvgIpc) is 1.53. The van der Waals surface area contributed by atoms with Crippen molar-refractivity contribution in [3.05, 3.63) is 363 Å². The minimum atomic E-state index is -0.667. The summed E-state index contributed by atoms with van der Waals surface area (Å²) in [6, 6.07) is 40.0. The lowest BCUT2D eigenvalue weighted by molar-refractivity contribution is 0.668. The van der Waals surface area contributed by atoms with Crippen LogP contribution in [0.4, 0.5) is 0 Å². The smallest absolute Gasteiger partial charge is 0.238 e. The van der Waals surface area contributed by atoms with Crippen LogP contribution in [0.2, 0.25) is 0 Å². The number of rotatable bonds is 10. The molecule has 8 heterocycles. The first kappa shape index (κ1) is 41.8. The molecule has 0 unspecified atom stereocenters. The number of aromatic nitrogens is 8. The number of hydrogen-bond acceptors (Lipinski definition) is 10. The lowest BCUT2D eigenvalue weighted by atomic mass is 9.99. The molecular formula is C102H60N8O4. The normalized spacial score (nSPS) is 15.4. The van der Waals surface area contributed by atoms with Gasteiger partial charge in [-0.15, -0.1) is 0 Å². The Morgan fingerprint density at radius 2 is 0.675 bits per heavy atom. The zero-order chi connectivity index (χ0) is 100. The number of benzene rings is 16. The predicted molar refractivity (Wildman–Crippen MR) is 461 cm³/mol. The topological polar surface area (TPSA) is 140 Å². The van der Waals surface area contributed by atoms with Gasteiger partial charge in [0.05, 0.1) is 61.8 Å². The van der Waals surface area contributed by atoms with Crippen LogP contribution in [0.15, 0.2) is 381 Å². The Labute approximate surface area is 690 Å². The molecule has 0 aliphatic heterocycles. The van der Waals surface area contributed by atoms with Crippen LogP contribution in [-0.4, -0.2) is 39.0 Å². The van der Waals surface area contributed by atoms with Gasteiger partial charge < -0.3 is 17.7 Å². The Hall–Kier alpha value is -15.7. The highest BCUT2D eigenvalue weighted by Crippen LogP contribution is 2.47. The van der Waals surface area contributed by atoms with Crippen LogP contribution in [0, 0.1) is 0 Å². The van der Waals surface area contributed by atoms with E-state index in [1.54, 1.807) is 182 Å². The van der Waals surface area contributed by atoms with Crippen molar-refractivity contribution in [2.75, 3.05) is 0 Å². The molecule has 24 rings (SSSR count). The van der Waals surface area contributed by atoms with Crippen LogP contribution < -0.4 is 0 Å². The third-order valence-electron chi connectivity index (χ3n) is 19.9. The van der Waals surface area contributed by atoms with Crippen molar-refractivity contribution in [1.82, 2.24) is 39.0 Å². The SMILES string of the molecule is [2H]c1c([2H])c(-c2ccccc2)c2c(oc3c([2H])c(-c4nc(-c5ccccc5)nc(-n5c6c([2H])c([2H])c([2H])c([2H])c6c6c([2H])c7c(oc8c([2H])c([2H])c([2H])c(-c9ccccc9)c87)c([2H])c65)n4)c([2H])c([2H])c32)c1[2H].[2H]c1c([2H])c([2H])c(-c2cccc3oc4cc(-c5nc(-c6ccccc6)nc(-n6c7c([2H])c([2H])c([2H])c(-c8ccccc8)c7c7c([2H])c8c(oc9c([2H])c([2H])c([2H])c([2H])c98)c([2H])c76)n5)ccc4c23)c([2H])c1[2H]. The van der Waals surface area contributed by atoms with Crippen molar-refractivity contribution in [3.63, 3.8) is 0 Å². The van der Waals surface area contributed by atoms with E-state index in [1.807, 2.05) is 6.07 Å². The third-order valence-corrected chi connectivity index (χ3v) is 19.9. The second-order valence-corrected chi connectivity index (χ2v) is 26.5. The van der Waals surface area contributed by atoms with Crippen LogP contribution in [0.1, 0.15) is 39.8 Å². The first-order valence-electron chi connectivity index (χ1n) is 50.2. The summed E-state index contributed by atoms with van der Waals surface area (Å²) in [4.78, 5) is 29.2. The lowest BCUT2D eigenvalue weighted by Gasteiger charge is -2.11. The van der Waals surface area contributed by atoms with E-state index in [4.69, 9.17) is 70.9 Å². The highest BCUT2D eigenvalue weighted by Gasteiger charge is 2.26. The van der Waals surface area contributed by atoms with Crippen LogP contribution in [0.25, 0.3) is 233 Å². The fourth-order valence-electron chi connectivity index (χ4n) is 14.9. The maximum Gasteiger partial charge on any atom is 0.238 e. The van der Waals surface area contributed by atoms with Gasteiger partial charge in [0, 0.05) is 99.0 Å². The predicted octanol–water partition coefficient (Wildman–Crippen LogP) is 26.9. The molecule has 0 saturated carbocycles. The Bertz CT molecular complexity index is 9820. The highest BCUT2D eigenvalue weighted by atomic mass is 16.3. The number of nitrogens with zero attached hydrogens (tertiary/aromatic N) is 8. The maximum atomic E-state index is 9.95. The van der Waals surface area contributed by atoms with Gasteiger partial charge in [-0.1, -0.05) is 279 Å². The lowest BCUT2D eigenvalue weighted by Crippen LogP contribution is -2.06. The van der Waals surface area contributed by atoms with Gasteiger partial charge in [0.2, 0.25) is 11.9 Å². The van der Waals surface area contributed by atoms with Crippen LogP contribution >= 0.6 is 0 Å². The van der Waals surface area contributed by atoms with E-state index >= 15 is 0 Å². The molecule has 0 aliphatic carbocycles. The Morgan fingerprint density at radius 3 is 1.32 bits per heavy atom. The maximum absolute atomic E-state index is 9.95. The van der Waals surface area contributed by atoms with E-state index in [2.05, 4.69) is 0 Å². The number of hydrogen-bond donors (Lipinski definition) is 0. The molecule has 0 N–H and O–H groups in total. The van der Waals surface area contributed by atoms with Crippen molar-refractivity contribution >= 4 is 131 Å². The first-order valence-corrected chi connectivity index (χ1v) is 35.7. The quantitative estimate of drug-likeness (QED) is 0.130. The zero-order valence-electron chi connectivity index (χ0n) is 87.6. The summed E-state index contributed by atoms with van der Waals surface area (Å²) in [6.07, 6.45) is 0. The first-order chi connectivity index (χ1) is 68.6. The van der Waals surface area contributed by atoms with E-state index in [0.29, 0.717) is 60.9 Å². The average molecular weight is 1490 g/mol. The Kier molecular flexibility index (Phi) is 9.54. The van der Waals surface area contributed by atoms with Gasteiger partial charge in [0.15, 0.2) is 23.3 Å². The molecule has 0 atom stereocenters. The van der Waals surface area contributed by atoms with Gasteiger partial charge in [-0.05, 0) is 117 Å². The molecule has 0 aliphatic rings. The van der Waals surface area contributed by atoms with Gasteiger partial charge in [-0.25, -0.2) is 9.97 Å². The minimum absolute atomic E-state index is 0.0128. The molecule has 0 saturated heterocycles. The van der Waals surface area contributed by atoms with Crippen molar-refractivity contribution in [3.8, 4) is 102 Å². The molecule has 0 radical (unpaired) electrons. The van der Waals surface area contributed by atoms with E-state index in [9.17, 15) is 16.4 Å². The fourth-order valence-corrected chi connectivity index (χ4v) is 14.9. The molecule has 0 spiro atoms. The molecule has 0 fully saturated rings. The molecule has 24 aromatic rings. The van der Waals surface area contributed by atoms with Gasteiger partial charge in [0.1, 0.15) is 44.7 Å². The summed E-state index contributed by atoms with van der Waals surface area (Å²) < 4.78 is 290. The van der Waals surface area contributed by atoms with Crippen molar-refractivity contribution in [1.29, 1.82) is 0 Å². The summed E-state index contributed by atoms with van der Waals surface area (Å²) >= 11 is 0. The van der Waals surface area contributed by atoms with E-state index in [0.717, 1.165) is 4.57 Å². The van der Waals surface area contributed by atoms with Gasteiger partial charge >= 0.3 is 0 Å². The van der Waals surface area contributed by atoms with E-state index in [-0.39, 0.29) is 215 Å². The Balaban J connectivity index is 0.000000159. The van der Waals surface area contributed by atoms with Crippen LogP contribution in [0.5, 0.6) is 0 Å². The second kappa shape index (κ2) is 26.0. The summed E-state index contributed by atoms with van der Waals surface area (Å²) in [5.74, 6) is -0.762. The second-order valence-electron chi connectivity index (χ2n) is 26.5. The molecule has 12 nitrogen and oxygen atoms in total. The monoisotopic (exact) mass is 1490 g/mol. The zero-order valence-corrected chi connectivity index (χ0v) is 58.6. The summed E-state index contributed by atoms with van der Waals surface area (Å²) in [5.41, 5.74) is 2.04. The van der Waals surface area contributed by atoms with Crippen LogP contribution in [0.3, 0.4) is 0 Å². The van der Waals surface area contributed by atoms with Gasteiger partial charge in [-0.3, -0.25) is 9.13 Å². The summed E-state index contributed by atoms with van der Waals surface area (Å²) in [6.45, 7) is 0. The van der Waals surface area contributed by atoms with Gasteiger partial charge in [0.25, 0.3) is 0 Å². The summed E-state index contributed by atoms with van der Waals surface area (Å²) in [5, 5.41) is 0.759. The molecule has 532 valence electrons. The molecule has 0 bridgehead atoms. The van der Waals surface area contributed by atoms with E-state index < -0.39 is 133 Å². The number of fused-ring (bicyclic) bond motifs is 18. The van der Waals surface area contributed by atoms with Crippen molar-refractivity contribution in [2.24, 2.45) is 0 Å². The van der Waals surface area contributed by atoms with Crippen LogP contribution in [-0.2, 0) is 0 Å². The molecule has 8 aromatic heterocycles. The van der Waals surface area contributed by atoms with Crippen molar-refractivity contribution in [2.45, 2.75) is 0 Å². The molecule has 12 heteroatoms. The molecule has 0 amide bonds. The fraction of sp³-hybridized carbons (Fsp3) is 0. The highest BCUT2D eigenvalue weighted by molar-refractivity contribution is 6.23. The largest absolute Gasteiger partial charge is 0.456 e. The standard InChI is InChI=1S/2C51H30N4O2/c1-4-14-31(15-5-1)35-21-12-23-41-47(35)40-29-39-37-20-10-11-24-43(37)56-46(39)30-42(40)55(41)51-53-49(33-18-8-3-9-19-33)52-50(54-51)34-26-27-38-45(28-34)57-44-25-13-22-36(48(38)44)32-16-6-2-7-17-32;1-4-14-31(15-5-1)35-21-12-24-43-47(35)38-27-26-34(28-45(38)56-43)50-52-49(33-18-8-3-9-19-33)53-51(54-50)55-41-23-11-10-20-37(41)39-29-40-46(30-42(39)55)57-44-25-13-22-36(48(40)44)32-16-6-2-7-17-32/h2*1-30H/i2D,6D,7D,10D,11D,12D,16D,17D,20D,21D,23D,24D,29D,30D;10D,11D,12D,13D,20D,21D,22D,23D,24D,25D,26D,27D,28D,29D,30D. The van der Waals surface area contributed by atoms with Crippen molar-refractivity contribution < 1.29 is 57.4 Å². The molecule has 16 aromatic carbocycles. The number of furan rings is 4. The minimum Gasteiger partial charge on any atom is -0.456 e. The third kappa shape index (κ3) is 10.5. The summed E-state index contributed by atoms with van der Waals surface area (Å²) in [7, 11) is 0. The van der Waals surface area contributed by atoms with Gasteiger partial charge in [-0.2, -0.15) is 19.9 Å². The molecular weight excluding hydrogens is 1400 g/mol.